The number of ether oxygens (including phenoxy) is 2. The quantitative estimate of drug-likeness (QED) is 0.577. The molecule has 1 saturated heterocycles. The van der Waals surface area contributed by atoms with E-state index in [4.69, 9.17) is 14.6 Å². The Labute approximate surface area is 89.6 Å². The van der Waals surface area contributed by atoms with Crippen LogP contribution in [-0.2, 0) is 9.47 Å². The lowest BCUT2D eigenvalue weighted by molar-refractivity contribution is -0.244. The Hall–Kier alpha value is -0.200. The minimum absolute atomic E-state index is 0.0965. The molecule has 2 unspecified atom stereocenters. The summed E-state index contributed by atoms with van der Waals surface area (Å²) in [5.41, 5.74) is 0. The number of methoxy groups -OCH3 is 1. The molecule has 1 rings (SSSR count). The van der Waals surface area contributed by atoms with Gasteiger partial charge in [-0.05, 0) is 5.92 Å². The van der Waals surface area contributed by atoms with E-state index in [0.29, 0.717) is 0 Å². The van der Waals surface area contributed by atoms with Crippen LogP contribution in [0.2, 0.25) is 0 Å². The minimum atomic E-state index is -0.995. The molecule has 3 N–H and O–H groups in total. The van der Waals surface area contributed by atoms with E-state index < -0.39 is 30.5 Å². The average molecular weight is 220 g/mol. The fourth-order valence-corrected chi connectivity index (χ4v) is 1.94. The van der Waals surface area contributed by atoms with Crippen LogP contribution < -0.4 is 0 Å². The molecule has 0 spiro atoms. The molecule has 0 radical (unpaired) electrons. The van der Waals surface area contributed by atoms with E-state index >= 15 is 0 Å². The van der Waals surface area contributed by atoms with E-state index in [1.807, 2.05) is 13.8 Å². The van der Waals surface area contributed by atoms with Crippen LogP contribution in [0.3, 0.4) is 0 Å². The SMILES string of the molecule is CO[C@@H]1C(O)[C@H](C(C)C)OC(CO)[C@H]1O. The topological polar surface area (TPSA) is 79.2 Å². The van der Waals surface area contributed by atoms with Crippen LogP contribution in [0.25, 0.3) is 0 Å². The molecule has 0 amide bonds. The molecular weight excluding hydrogens is 200 g/mol. The molecule has 5 atom stereocenters. The standard InChI is InChI=1S/C10H20O5/c1-5(2)9-8(13)10(14-3)7(12)6(4-11)15-9/h5-13H,4H2,1-3H3/t6?,7-,8?,9+,10+/m1/s1. The molecule has 0 bridgehead atoms. The summed E-state index contributed by atoms with van der Waals surface area (Å²) in [7, 11) is 1.42. The third kappa shape index (κ3) is 2.49. The molecule has 90 valence electrons. The molecule has 0 aliphatic carbocycles. The van der Waals surface area contributed by atoms with Crippen molar-refractivity contribution in [3.63, 3.8) is 0 Å². The minimum Gasteiger partial charge on any atom is -0.394 e. The third-order valence-electron chi connectivity index (χ3n) is 2.83. The van der Waals surface area contributed by atoms with Crippen LogP contribution in [0.4, 0.5) is 0 Å². The van der Waals surface area contributed by atoms with E-state index in [1.165, 1.54) is 7.11 Å². The summed E-state index contributed by atoms with van der Waals surface area (Å²) in [6.07, 6.45) is -3.68. The summed E-state index contributed by atoms with van der Waals surface area (Å²) in [6.45, 7) is 3.54. The van der Waals surface area contributed by atoms with Crippen LogP contribution in [0.5, 0.6) is 0 Å². The Bertz CT molecular complexity index is 194. The Morgan fingerprint density at radius 3 is 2.27 bits per heavy atom. The molecule has 15 heavy (non-hydrogen) atoms. The van der Waals surface area contributed by atoms with E-state index in [1.54, 1.807) is 0 Å². The first kappa shape index (κ1) is 12.9. The van der Waals surface area contributed by atoms with Crippen molar-refractivity contribution in [3.8, 4) is 0 Å². The highest BCUT2D eigenvalue weighted by Gasteiger charge is 2.45. The fourth-order valence-electron chi connectivity index (χ4n) is 1.94. The first-order valence-electron chi connectivity index (χ1n) is 5.18. The third-order valence-corrected chi connectivity index (χ3v) is 2.83. The maximum atomic E-state index is 9.89. The second-order valence-electron chi connectivity index (χ2n) is 4.25. The highest BCUT2D eigenvalue weighted by atomic mass is 16.6. The number of hydrogen-bond acceptors (Lipinski definition) is 5. The van der Waals surface area contributed by atoms with Gasteiger partial charge < -0.3 is 24.8 Å². The molecule has 1 aliphatic rings. The van der Waals surface area contributed by atoms with Gasteiger partial charge in [0.05, 0.1) is 12.7 Å². The predicted octanol–water partition coefficient (Wildman–Crippen LogP) is -0.861. The highest BCUT2D eigenvalue weighted by molar-refractivity contribution is 4.93. The Kier molecular flexibility index (Phi) is 4.48. The van der Waals surface area contributed by atoms with Crippen molar-refractivity contribution in [1.82, 2.24) is 0 Å². The van der Waals surface area contributed by atoms with Gasteiger partial charge in [0.1, 0.15) is 24.4 Å². The van der Waals surface area contributed by atoms with Crippen molar-refractivity contribution in [3.05, 3.63) is 0 Å². The molecule has 1 heterocycles. The molecule has 0 aromatic heterocycles. The van der Waals surface area contributed by atoms with Gasteiger partial charge in [-0.1, -0.05) is 13.8 Å². The van der Waals surface area contributed by atoms with Gasteiger partial charge in [-0.25, -0.2) is 0 Å². The lowest BCUT2D eigenvalue weighted by Crippen LogP contribution is -2.60. The van der Waals surface area contributed by atoms with Gasteiger partial charge >= 0.3 is 0 Å². The van der Waals surface area contributed by atoms with Gasteiger partial charge in [-0.2, -0.15) is 0 Å². The fraction of sp³-hybridized carbons (Fsp3) is 1.00. The van der Waals surface area contributed by atoms with Crippen molar-refractivity contribution >= 4 is 0 Å². The van der Waals surface area contributed by atoms with Crippen LogP contribution in [-0.4, -0.2) is 59.6 Å². The van der Waals surface area contributed by atoms with E-state index in [-0.39, 0.29) is 12.5 Å². The summed E-state index contributed by atoms with van der Waals surface area (Å²) in [4.78, 5) is 0. The first-order chi connectivity index (χ1) is 7.02. The predicted molar refractivity (Wildman–Crippen MR) is 53.4 cm³/mol. The molecule has 5 heteroatoms. The highest BCUT2D eigenvalue weighted by Crippen LogP contribution is 2.27. The van der Waals surface area contributed by atoms with Crippen LogP contribution in [0.15, 0.2) is 0 Å². The van der Waals surface area contributed by atoms with E-state index in [0.717, 1.165) is 0 Å². The van der Waals surface area contributed by atoms with Crippen molar-refractivity contribution in [1.29, 1.82) is 0 Å². The van der Waals surface area contributed by atoms with E-state index in [9.17, 15) is 10.2 Å². The monoisotopic (exact) mass is 220 g/mol. The second-order valence-corrected chi connectivity index (χ2v) is 4.25. The molecule has 0 saturated carbocycles. The lowest BCUT2D eigenvalue weighted by atomic mass is 9.89. The van der Waals surface area contributed by atoms with Crippen LogP contribution in [0, 0.1) is 5.92 Å². The van der Waals surface area contributed by atoms with Gasteiger partial charge in [-0.3, -0.25) is 0 Å². The maximum Gasteiger partial charge on any atom is 0.114 e. The molecule has 0 aromatic carbocycles. The van der Waals surface area contributed by atoms with Crippen molar-refractivity contribution in [2.45, 2.75) is 44.4 Å². The van der Waals surface area contributed by atoms with Crippen LogP contribution in [0.1, 0.15) is 13.8 Å². The average Bonchev–Trinajstić information content (AvgIpc) is 2.18. The summed E-state index contributed by atoms with van der Waals surface area (Å²) in [5, 5.41) is 28.7. The number of aliphatic hydroxyl groups is 3. The first-order valence-corrected chi connectivity index (χ1v) is 5.18. The van der Waals surface area contributed by atoms with Gasteiger partial charge in [0.2, 0.25) is 0 Å². The largest absolute Gasteiger partial charge is 0.394 e. The van der Waals surface area contributed by atoms with Crippen LogP contribution >= 0.6 is 0 Å². The summed E-state index contributed by atoms with van der Waals surface area (Å²) in [5.74, 6) is 0.0965. The maximum absolute atomic E-state index is 9.89. The molecular formula is C10H20O5. The number of hydrogen-bond donors (Lipinski definition) is 3. The summed E-state index contributed by atoms with van der Waals surface area (Å²) in [6, 6.07) is 0. The zero-order valence-electron chi connectivity index (χ0n) is 9.33. The number of rotatable bonds is 3. The lowest BCUT2D eigenvalue weighted by Gasteiger charge is -2.43. The van der Waals surface area contributed by atoms with Gasteiger partial charge in [0, 0.05) is 7.11 Å². The smallest absolute Gasteiger partial charge is 0.114 e. The number of aliphatic hydroxyl groups excluding tert-OH is 3. The second kappa shape index (κ2) is 5.23. The molecule has 0 aromatic rings. The van der Waals surface area contributed by atoms with Crippen molar-refractivity contribution < 1.29 is 24.8 Å². The van der Waals surface area contributed by atoms with Gasteiger partial charge in [0.25, 0.3) is 0 Å². The summed E-state index contributed by atoms with van der Waals surface area (Å²) >= 11 is 0. The summed E-state index contributed by atoms with van der Waals surface area (Å²) < 4.78 is 10.5. The zero-order valence-corrected chi connectivity index (χ0v) is 9.33. The molecule has 1 fully saturated rings. The Balaban J connectivity index is 2.79. The van der Waals surface area contributed by atoms with E-state index in [2.05, 4.69) is 0 Å². The molecule has 5 nitrogen and oxygen atoms in total. The Morgan fingerprint density at radius 2 is 1.87 bits per heavy atom. The van der Waals surface area contributed by atoms with Crippen molar-refractivity contribution in [2.24, 2.45) is 5.92 Å². The zero-order chi connectivity index (χ0) is 11.6. The van der Waals surface area contributed by atoms with Gasteiger partial charge in [0.15, 0.2) is 0 Å². The molecule has 1 aliphatic heterocycles. The van der Waals surface area contributed by atoms with Gasteiger partial charge in [-0.15, -0.1) is 0 Å². The normalized spacial score (nSPS) is 42.2. The Morgan fingerprint density at radius 1 is 1.27 bits per heavy atom. The van der Waals surface area contributed by atoms with Crippen molar-refractivity contribution in [2.75, 3.05) is 13.7 Å².